The van der Waals surface area contributed by atoms with Crippen molar-refractivity contribution in [3.05, 3.63) is 54.6 Å². The van der Waals surface area contributed by atoms with E-state index in [0.29, 0.717) is 0 Å². The van der Waals surface area contributed by atoms with Crippen LogP contribution in [0.3, 0.4) is 0 Å². The monoisotopic (exact) mass is 301 g/mol. The van der Waals surface area contributed by atoms with E-state index in [1.807, 2.05) is 30.3 Å². The van der Waals surface area contributed by atoms with Gasteiger partial charge in [0.2, 0.25) is 5.91 Å². The fraction of sp³-hybridized carbons (Fsp3) is 0.143. The second-order valence-electron chi connectivity index (χ2n) is 4.33. The molecule has 1 unspecified atom stereocenters. The third kappa shape index (κ3) is 4.53. The molecule has 2 amide bonds. The van der Waals surface area contributed by atoms with Crippen LogP contribution in [-0.2, 0) is 9.59 Å². The van der Waals surface area contributed by atoms with Crippen molar-refractivity contribution in [2.45, 2.75) is 6.04 Å². The van der Waals surface area contributed by atoms with Gasteiger partial charge in [-0.25, -0.2) is 4.68 Å². The van der Waals surface area contributed by atoms with Gasteiger partial charge in [0.25, 0.3) is 5.91 Å². The van der Waals surface area contributed by atoms with Crippen LogP contribution < -0.4 is 10.7 Å². The number of nitrogens with one attached hydrogen (secondary N) is 2. The topological polar surface area (TPSA) is 109 Å². The Morgan fingerprint density at radius 1 is 1.23 bits per heavy atom. The Labute approximate surface area is 126 Å². The van der Waals surface area contributed by atoms with Gasteiger partial charge in [-0.15, -0.1) is 10.2 Å². The lowest BCUT2D eigenvalue weighted by molar-refractivity contribution is -0.125. The smallest absolute Gasteiger partial charge is 0.263 e. The number of benzene rings is 1. The molecule has 1 atom stereocenters. The summed E-state index contributed by atoms with van der Waals surface area (Å²) in [5, 5.41) is 18.7. The van der Waals surface area contributed by atoms with Crippen molar-refractivity contribution in [1.29, 1.82) is 0 Å². The molecule has 0 aliphatic carbocycles. The van der Waals surface area contributed by atoms with Gasteiger partial charge in [-0.2, -0.15) is 0 Å². The second-order valence-corrected chi connectivity index (χ2v) is 4.33. The molecule has 1 aromatic heterocycles. The molecule has 2 rings (SSSR count). The summed E-state index contributed by atoms with van der Waals surface area (Å²) in [5.41, 5.74) is 3.26. The molecule has 0 bridgehead atoms. The first kappa shape index (κ1) is 15.4. The first-order chi connectivity index (χ1) is 10.7. The van der Waals surface area contributed by atoms with Crippen molar-refractivity contribution in [2.75, 3.05) is 12.0 Å². The van der Waals surface area contributed by atoms with E-state index in [-0.39, 0.29) is 0 Å². The first-order valence-electron chi connectivity index (χ1n) is 6.49. The molecule has 22 heavy (non-hydrogen) atoms. The van der Waals surface area contributed by atoms with E-state index in [1.165, 1.54) is 23.4 Å². The zero-order valence-electron chi connectivity index (χ0n) is 11.6. The van der Waals surface area contributed by atoms with Crippen LogP contribution >= 0.6 is 0 Å². The highest BCUT2D eigenvalue weighted by molar-refractivity contribution is 5.97. The first-order valence-corrected chi connectivity index (χ1v) is 6.49. The lowest BCUT2D eigenvalue weighted by Crippen LogP contribution is -2.47. The summed E-state index contributed by atoms with van der Waals surface area (Å²) in [6, 6.07) is 8.17. The number of aromatic nitrogens is 3. The Bertz CT molecular complexity index is 640. The quantitative estimate of drug-likeness (QED) is 0.625. The standard InChI is InChI=1S/C14H15N5O3/c20-8-12(14(22)18-19-9-15-16-10-19)17-13(21)7-6-11-4-2-1-3-5-11/h1-7,9-10,12,20H,8H2,(H,17,21)(H,18,22). The Hall–Kier alpha value is -3.00. The summed E-state index contributed by atoms with van der Waals surface area (Å²) in [7, 11) is 0. The van der Waals surface area contributed by atoms with Gasteiger partial charge in [-0.05, 0) is 11.6 Å². The highest BCUT2D eigenvalue weighted by Crippen LogP contribution is 2.00. The average molecular weight is 301 g/mol. The molecule has 1 aromatic carbocycles. The third-order valence-corrected chi connectivity index (χ3v) is 2.70. The molecular weight excluding hydrogens is 286 g/mol. The Balaban J connectivity index is 1.90. The highest BCUT2D eigenvalue weighted by Gasteiger charge is 2.19. The van der Waals surface area contributed by atoms with Crippen LogP contribution in [0.25, 0.3) is 6.08 Å². The molecule has 1 heterocycles. The summed E-state index contributed by atoms with van der Waals surface area (Å²) < 4.78 is 1.22. The van der Waals surface area contributed by atoms with Crippen molar-refractivity contribution >= 4 is 17.9 Å². The average Bonchev–Trinajstić information content (AvgIpc) is 3.04. The normalized spacial score (nSPS) is 12.0. The lowest BCUT2D eigenvalue weighted by atomic mass is 10.2. The summed E-state index contributed by atoms with van der Waals surface area (Å²) in [4.78, 5) is 23.6. The number of aliphatic hydroxyl groups excluding tert-OH is 1. The maximum Gasteiger partial charge on any atom is 0.263 e. The fourth-order valence-electron chi connectivity index (χ4n) is 1.61. The zero-order valence-corrected chi connectivity index (χ0v) is 11.6. The summed E-state index contributed by atoms with van der Waals surface area (Å²) >= 11 is 0. The molecule has 8 nitrogen and oxygen atoms in total. The largest absolute Gasteiger partial charge is 0.394 e. The van der Waals surface area contributed by atoms with Crippen molar-refractivity contribution in [2.24, 2.45) is 0 Å². The van der Waals surface area contributed by atoms with Crippen molar-refractivity contribution in [1.82, 2.24) is 20.2 Å². The molecule has 0 fully saturated rings. The lowest BCUT2D eigenvalue weighted by Gasteiger charge is -2.14. The van der Waals surface area contributed by atoms with Gasteiger partial charge in [-0.3, -0.25) is 15.0 Å². The highest BCUT2D eigenvalue weighted by atomic mass is 16.3. The Morgan fingerprint density at radius 3 is 2.55 bits per heavy atom. The fourth-order valence-corrected chi connectivity index (χ4v) is 1.61. The van der Waals surface area contributed by atoms with E-state index < -0.39 is 24.5 Å². The van der Waals surface area contributed by atoms with Gasteiger partial charge in [0, 0.05) is 6.08 Å². The minimum Gasteiger partial charge on any atom is -0.394 e. The molecule has 0 aliphatic heterocycles. The van der Waals surface area contributed by atoms with Gasteiger partial charge >= 0.3 is 0 Å². The van der Waals surface area contributed by atoms with Crippen molar-refractivity contribution < 1.29 is 14.7 Å². The minimum absolute atomic E-state index is 0.484. The number of hydrogen-bond acceptors (Lipinski definition) is 5. The van der Waals surface area contributed by atoms with Crippen molar-refractivity contribution in [3.63, 3.8) is 0 Å². The van der Waals surface area contributed by atoms with Gasteiger partial charge in [-0.1, -0.05) is 30.3 Å². The zero-order chi connectivity index (χ0) is 15.8. The molecule has 0 radical (unpaired) electrons. The number of amides is 2. The molecule has 0 spiro atoms. The number of nitrogens with zero attached hydrogens (tertiary/aromatic N) is 3. The summed E-state index contributed by atoms with van der Waals surface area (Å²) in [6.45, 7) is -0.529. The summed E-state index contributed by atoms with van der Waals surface area (Å²) in [5.74, 6) is -1.06. The van der Waals surface area contributed by atoms with Gasteiger partial charge in [0.15, 0.2) is 0 Å². The van der Waals surface area contributed by atoms with Crippen LogP contribution in [0.2, 0.25) is 0 Å². The van der Waals surface area contributed by atoms with E-state index in [2.05, 4.69) is 20.9 Å². The molecule has 114 valence electrons. The predicted molar refractivity (Wildman–Crippen MR) is 78.9 cm³/mol. The van der Waals surface area contributed by atoms with E-state index in [0.717, 1.165) is 5.56 Å². The van der Waals surface area contributed by atoms with Gasteiger partial charge in [0.1, 0.15) is 18.7 Å². The van der Waals surface area contributed by atoms with Crippen LogP contribution in [0.1, 0.15) is 5.56 Å². The van der Waals surface area contributed by atoms with Gasteiger partial charge < -0.3 is 10.4 Å². The minimum atomic E-state index is -1.07. The van der Waals surface area contributed by atoms with Crippen LogP contribution in [0, 0.1) is 0 Å². The van der Waals surface area contributed by atoms with E-state index in [1.54, 1.807) is 6.08 Å². The second kappa shape index (κ2) is 7.70. The van der Waals surface area contributed by atoms with Crippen LogP contribution in [0.5, 0.6) is 0 Å². The van der Waals surface area contributed by atoms with Crippen LogP contribution in [0.4, 0.5) is 0 Å². The van der Waals surface area contributed by atoms with Crippen molar-refractivity contribution in [3.8, 4) is 0 Å². The number of hydrogen-bond donors (Lipinski definition) is 3. The van der Waals surface area contributed by atoms with E-state index >= 15 is 0 Å². The Kier molecular flexibility index (Phi) is 5.38. The molecule has 0 saturated carbocycles. The molecular formula is C14H15N5O3. The van der Waals surface area contributed by atoms with Crippen LogP contribution in [0.15, 0.2) is 49.1 Å². The van der Waals surface area contributed by atoms with Gasteiger partial charge in [0.05, 0.1) is 6.61 Å². The molecule has 8 heteroatoms. The number of aliphatic hydroxyl groups is 1. The molecule has 0 saturated heterocycles. The maximum atomic E-state index is 11.9. The molecule has 0 aliphatic rings. The summed E-state index contributed by atoms with van der Waals surface area (Å²) in [6.07, 6.45) is 5.47. The number of carbonyl (C=O) groups excluding carboxylic acids is 2. The Morgan fingerprint density at radius 2 is 1.91 bits per heavy atom. The molecule has 2 aromatic rings. The molecule has 3 N–H and O–H groups in total. The third-order valence-electron chi connectivity index (χ3n) is 2.70. The van der Waals surface area contributed by atoms with E-state index in [9.17, 15) is 14.7 Å². The van der Waals surface area contributed by atoms with E-state index in [4.69, 9.17) is 0 Å². The number of carbonyl (C=O) groups is 2. The van der Waals surface area contributed by atoms with Crippen LogP contribution in [-0.4, -0.2) is 44.4 Å². The predicted octanol–water partition coefficient (Wildman–Crippen LogP) is -0.461. The SMILES string of the molecule is O=C(C=Cc1ccccc1)NC(CO)C(=O)Nn1cnnc1. The maximum absolute atomic E-state index is 11.9. The number of rotatable bonds is 6.